The van der Waals surface area contributed by atoms with Gasteiger partial charge in [-0.3, -0.25) is 0 Å². The van der Waals surface area contributed by atoms with Gasteiger partial charge in [-0.15, -0.1) is 0 Å². The third-order valence-corrected chi connectivity index (χ3v) is 3.89. The van der Waals surface area contributed by atoms with E-state index < -0.39 is 0 Å². The second-order valence-corrected chi connectivity index (χ2v) is 5.22. The van der Waals surface area contributed by atoms with Crippen molar-refractivity contribution in [3.8, 4) is 0 Å². The summed E-state index contributed by atoms with van der Waals surface area (Å²) >= 11 is 0. The van der Waals surface area contributed by atoms with E-state index in [1.807, 2.05) is 0 Å². The SMILES string of the molecule is C[C@]1(c2ccccc2)C[C@@H](c2ccccc2)CO1. The summed E-state index contributed by atoms with van der Waals surface area (Å²) in [6.07, 6.45) is 1.06. The Labute approximate surface area is 108 Å². The van der Waals surface area contributed by atoms with Crippen LogP contribution in [-0.4, -0.2) is 6.61 Å². The number of ether oxygens (including phenoxy) is 1. The number of hydrogen-bond donors (Lipinski definition) is 0. The fraction of sp³-hybridized carbons (Fsp3) is 0.294. The van der Waals surface area contributed by atoms with Gasteiger partial charge >= 0.3 is 0 Å². The maximum Gasteiger partial charge on any atom is 0.0910 e. The molecule has 3 rings (SSSR count). The van der Waals surface area contributed by atoms with Crippen LogP contribution in [-0.2, 0) is 10.3 Å². The lowest BCUT2D eigenvalue weighted by Crippen LogP contribution is -2.19. The van der Waals surface area contributed by atoms with E-state index in [2.05, 4.69) is 67.6 Å². The van der Waals surface area contributed by atoms with Gasteiger partial charge in [0, 0.05) is 5.92 Å². The van der Waals surface area contributed by atoms with Crippen LogP contribution < -0.4 is 0 Å². The summed E-state index contributed by atoms with van der Waals surface area (Å²) in [5, 5.41) is 0. The Kier molecular flexibility index (Phi) is 2.92. The van der Waals surface area contributed by atoms with Gasteiger partial charge in [0.15, 0.2) is 0 Å². The Morgan fingerprint density at radius 2 is 1.56 bits per heavy atom. The Morgan fingerprint density at radius 3 is 2.22 bits per heavy atom. The van der Waals surface area contributed by atoms with Gasteiger partial charge in [0.1, 0.15) is 0 Å². The van der Waals surface area contributed by atoms with Crippen molar-refractivity contribution in [3.05, 3.63) is 71.8 Å². The summed E-state index contributed by atoms with van der Waals surface area (Å²) in [6.45, 7) is 3.01. The standard InChI is InChI=1S/C17H18O/c1-17(16-10-6-3-7-11-16)12-15(13-18-17)14-8-4-2-5-9-14/h2-11,15H,12-13H2,1H3/t15-,17-/m1/s1. The largest absolute Gasteiger partial charge is 0.370 e. The van der Waals surface area contributed by atoms with E-state index in [-0.39, 0.29) is 5.60 Å². The molecule has 1 heteroatoms. The molecule has 0 aliphatic carbocycles. The summed E-state index contributed by atoms with van der Waals surface area (Å²) in [5.74, 6) is 0.511. The van der Waals surface area contributed by atoms with Gasteiger partial charge in [0.2, 0.25) is 0 Å². The molecular formula is C17H18O. The van der Waals surface area contributed by atoms with E-state index in [0.717, 1.165) is 13.0 Å². The predicted molar refractivity (Wildman–Crippen MR) is 73.5 cm³/mol. The van der Waals surface area contributed by atoms with Crippen molar-refractivity contribution >= 4 is 0 Å². The highest BCUT2D eigenvalue weighted by atomic mass is 16.5. The summed E-state index contributed by atoms with van der Waals surface area (Å²) in [7, 11) is 0. The first-order valence-corrected chi connectivity index (χ1v) is 6.52. The van der Waals surface area contributed by atoms with E-state index in [1.54, 1.807) is 0 Å². The van der Waals surface area contributed by atoms with E-state index in [1.165, 1.54) is 11.1 Å². The van der Waals surface area contributed by atoms with Crippen LogP contribution in [0.15, 0.2) is 60.7 Å². The van der Waals surface area contributed by atoms with E-state index in [9.17, 15) is 0 Å². The predicted octanol–water partition coefficient (Wildman–Crippen LogP) is 4.11. The molecular weight excluding hydrogens is 220 g/mol. The lowest BCUT2D eigenvalue weighted by Gasteiger charge is -2.23. The Hall–Kier alpha value is -1.60. The summed E-state index contributed by atoms with van der Waals surface area (Å²) in [5.41, 5.74) is 2.53. The van der Waals surface area contributed by atoms with Gasteiger partial charge in [0.25, 0.3) is 0 Å². The monoisotopic (exact) mass is 238 g/mol. The molecule has 1 nitrogen and oxygen atoms in total. The zero-order chi connectivity index (χ0) is 12.4. The molecule has 2 atom stereocenters. The maximum atomic E-state index is 6.09. The fourth-order valence-corrected chi connectivity index (χ4v) is 2.80. The van der Waals surface area contributed by atoms with Crippen LogP contribution in [0.4, 0.5) is 0 Å². The summed E-state index contributed by atoms with van der Waals surface area (Å²) < 4.78 is 6.09. The molecule has 1 fully saturated rings. The highest BCUT2D eigenvalue weighted by molar-refractivity contribution is 5.27. The second-order valence-electron chi connectivity index (χ2n) is 5.22. The normalized spacial score (nSPS) is 27.3. The molecule has 1 aliphatic rings. The van der Waals surface area contributed by atoms with Crippen molar-refractivity contribution in [2.24, 2.45) is 0 Å². The minimum atomic E-state index is -0.137. The van der Waals surface area contributed by atoms with E-state index in [0.29, 0.717) is 5.92 Å². The third-order valence-electron chi connectivity index (χ3n) is 3.89. The van der Waals surface area contributed by atoms with E-state index in [4.69, 9.17) is 4.74 Å². The van der Waals surface area contributed by atoms with Crippen molar-refractivity contribution in [1.82, 2.24) is 0 Å². The molecule has 2 aromatic rings. The Morgan fingerprint density at radius 1 is 0.944 bits per heavy atom. The van der Waals surface area contributed by atoms with Crippen molar-refractivity contribution in [3.63, 3.8) is 0 Å². The van der Waals surface area contributed by atoms with Gasteiger partial charge in [0.05, 0.1) is 12.2 Å². The number of benzene rings is 2. The smallest absolute Gasteiger partial charge is 0.0910 e. The molecule has 0 unspecified atom stereocenters. The van der Waals surface area contributed by atoms with E-state index >= 15 is 0 Å². The molecule has 0 bridgehead atoms. The zero-order valence-electron chi connectivity index (χ0n) is 10.7. The minimum absolute atomic E-state index is 0.137. The molecule has 0 N–H and O–H groups in total. The summed E-state index contributed by atoms with van der Waals surface area (Å²) in [6, 6.07) is 21.2. The highest BCUT2D eigenvalue weighted by Gasteiger charge is 2.38. The van der Waals surface area contributed by atoms with Crippen LogP contribution in [0, 0.1) is 0 Å². The van der Waals surface area contributed by atoms with Crippen LogP contribution in [0.5, 0.6) is 0 Å². The van der Waals surface area contributed by atoms with Gasteiger partial charge in [-0.2, -0.15) is 0 Å². The average Bonchev–Trinajstić information content (AvgIpc) is 2.85. The van der Waals surface area contributed by atoms with Crippen LogP contribution in [0.1, 0.15) is 30.4 Å². The number of hydrogen-bond acceptors (Lipinski definition) is 1. The summed E-state index contributed by atoms with van der Waals surface area (Å²) in [4.78, 5) is 0. The minimum Gasteiger partial charge on any atom is -0.370 e. The van der Waals surface area contributed by atoms with Gasteiger partial charge in [-0.05, 0) is 24.5 Å². The molecule has 1 saturated heterocycles. The maximum absolute atomic E-state index is 6.09. The quantitative estimate of drug-likeness (QED) is 0.765. The molecule has 1 aliphatic heterocycles. The average molecular weight is 238 g/mol. The topological polar surface area (TPSA) is 9.23 Å². The highest BCUT2D eigenvalue weighted by Crippen LogP contribution is 2.42. The van der Waals surface area contributed by atoms with Crippen molar-refractivity contribution in [2.75, 3.05) is 6.61 Å². The first-order chi connectivity index (χ1) is 8.78. The Balaban J connectivity index is 1.83. The van der Waals surface area contributed by atoms with Crippen LogP contribution in [0.2, 0.25) is 0 Å². The first-order valence-electron chi connectivity index (χ1n) is 6.52. The molecule has 0 radical (unpaired) electrons. The third kappa shape index (κ3) is 2.06. The van der Waals surface area contributed by atoms with Crippen LogP contribution >= 0.6 is 0 Å². The molecule has 0 amide bonds. The number of rotatable bonds is 2. The van der Waals surface area contributed by atoms with Crippen LogP contribution in [0.25, 0.3) is 0 Å². The molecule has 0 spiro atoms. The lowest BCUT2D eigenvalue weighted by molar-refractivity contribution is 0.0164. The van der Waals surface area contributed by atoms with Crippen molar-refractivity contribution < 1.29 is 4.74 Å². The molecule has 0 saturated carbocycles. The van der Waals surface area contributed by atoms with Crippen LogP contribution in [0.3, 0.4) is 0 Å². The van der Waals surface area contributed by atoms with Crippen molar-refractivity contribution in [1.29, 1.82) is 0 Å². The molecule has 2 aromatic carbocycles. The molecule has 0 aromatic heterocycles. The molecule has 1 heterocycles. The van der Waals surface area contributed by atoms with Gasteiger partial charge < -0.3 is 4.74 Å². The Bertz CT molecular complexity index is 506. The second kappa shape index (κ2) is 4.58. The van der Waals surface area contributed by atoms with Gasteiger partial charge in [-0.1, -0.05) is 60.7 Å². The fourth-order valence-electron chi connectivity index (χ4n) is 2.80. The molecule has 92 valence electrons. The first kappa shape index (κ1) is 11.5. The molecule has 18 heavy (non-hydrogen) atoms. The van der Waals surface area contributed by atoms with Crippen molar-refractivity contribution in [2.45, 2.75) is 24.9 Å². The van der Waals surface area contributed by atoms with Gasteiger partial charge in [-0.25, -0.2) is 0 Å². The lowest BCUT2D eigenvalue weighted by atomic mass is 9.86. The zero-order valence-corrected chi connectivity index (χ0v) is 10.7.